The minimum atomic E-state index is 0. The summed E-state index contributed by atoms with van der Waals surface area (Å²) in [5.74, 6) is 2.05. The number of aromatic nitrogens is 1. The van der Waals surface area contributed by atoms with Crippen molar-refractivity contribution in [2.24, 2.45) is 10.4 Å². The maximum absolute atomic E-state index is 10.3. The summed E-state index contributed by atoms with van der Waals surface area (Å²) in [6.07, 6.45) is 2.22. The summed E-state index contributed by atoms with van der Waals surface area (Å²) in [5, 5.41) is 11.2. The van der Waals surface area contributed by atoms with Crippen LogP contribution < -0.4 is 9.64 Å². The molecule has 0 saturated heterocycles. The van der Waals surface area contributed by atoms with E-state index in [1.807, 2.05) is 36.4 Å². The molecule has 2 aliphatic rings. The van der Waals surface area contributed by atoms with Gasteiger partial charge in [-0.25, -0.2) is 4.98 Å². The van der Waals surface area contributed by atoms with E-state index in [9.17, 15) is 5.11 Å². The monoisotopic (exact) mass is 755 g/mol. The summed E-state index contributed by atoms with van der Waals surface area (Å²) in [7, 11) is 0. The Bertz CT molecular complexity index is 1660. The molecule has 1 N–H and O–H groups in total. The standard InChI is InChI=1S/C37H42N3O2.Pt/c1-35(2,3)25-20-26(36(4,5)6)22-27(21-25)40-33-29(17-18-37(33,7)8)38-34(40)24-12-9-13-28(19-24)42-31-16-15-23-11-10-14-30(41)32(23)39-31;/h9-16,20-22,29,33,41H,17-18H2,1-8H3;/q-1;/t29-,33-;/m0./s1. The molecule has 0 amide bonds. The van der Waals surface area contributed by atoms with Crippen molar-refractivity contribution in [3.05, 3.63) is 89.5 Å². The van der Waals surface area contributed by atoms with Crippen LogP contribution in [0.2, 0.25) is 0 Å². The summed E-state index contributed by atoms with van der Waals surface area (Å²) < 4.78 is 6.19. The molecule has 4 aromatic rings. The Kier molecular flexibility index (Phi) is 8.05. The average molecular weight is 756 g/mol. The molecule has 43 heavy (non-hydrogen) atoms. The number of anilines is 1. The number of phenols is 1. The Morgan fingerprint density at radius 3 is 2.26 bits per heavy atom. The SMILES string of the molecule is CC(C)(C)c1cc(N2C(c3[c-]c(Oc4ccc5cccc(O)c5n4)ccc3)=N[C@H]3CCC(C)(C)[C@H]32)cc(C(C)(C)C)c1.[Pt]. The second-order valence-electron chi connectivity index (χ2n) is 14.7. The van der Waals surface area contributed by atoms with Gasteiger partial charge in [-0.05, 0) is 64.5 Å². The van der Waals surface area contributed by atoms with Crippen molar-refractivity contribution in [3.63, 3.8) is 0 Å². The quantitative estimate of drug-likeness (QED) is 0.212. The van der Waals surface area contributed by atoms with Gasteiger partial charge in [0.25, 0.3) is 0 Å². The molecule has 2 heterocycles. The van der Waals surface area contributed by atoms with Crippen LogP contribution >= 0.6 is 0 Å². The van der Waals surface area contributed by atoms with Crippen molar-refractivity contribution in [2.45, 2.75) is 91.1 Å². The van der Waals surface area contributed by atoms with E-state index in [1.54, 1.807) is 6.07 Å². The number of hydrogen-bond donors (Lipinski definition) is 1. The number of rotatable bonds is 4. The number of nitrogens with zero attached hydrogens (tertiary/aromatic N) is 3. The molecule has 6 heteroatoms. The number of phenolic OH excluding ortho intramolecular Hbond substituents is 1. The van der Waals surface area contributed by atoms with Gasteiger partial charge in [-0.3, -0.25) is 0 Å². The van der Waals surface area contributed by atoms with E-state index in [2.05, 4.69) is 95.6 Å². The topological polar surface area (TPSA) is 58.0 Å². The third-order valence-electron chi connectivity index (χ3n) is 8.87. The largest absolute Gasteiger partial charge is 0.506 e. The predicted molar refractivity (Wildman–Crippen MR) is 172 cm³/mol. The smallest absolute Gasteiger partial charge is 0.217 e. The third kappa shape index (κ3) is 5.98. The van der Waals surface area contributed by atoms with Crippen LogP contribution in [0.3, 0.4) is 0 Å². The van der Waals surface area contributed by atoms with Crippen molar-refractivity contribution < 1.29 is 30.9 Å². The van der Waals surface area contributed by atoms with Gasteiger partial charge in [0.1, 0.15) is 11.3 Å². The second kappa shape index (κ2) is 11.1. The summed E-state index contributed by atoms with van der Waals surface area (Å²) in [6.45, 7) is 18.5. The van der Waals surface area contributed by atoms with E-state index in [1.165, 1.54) is 16.8 Å². The Morgan fingerprint density at radius 1 is 0.907 bits per heavy atom. The number of para-hydroxylation sites is 1. The van der Waals surface area contributed by atoms with Gasteiger partial charge in [0.15, 0.2) is 0 Å². The molecular formula is C37H42N3O2Pt-. The second-order valence-corrected chi connectivity index (χ2v) is 14.7. The normalized spacial score (nSPS) is 19.6. The predicted octanol–water partition coefficient (Wildman–Crippen LogP) is 8.95. The van der Waals surface area contributed by atoms with Crippen LogP contribution in [0.1, 0.15) is 84.9 Å². The fraction of sp³-hybridized carbons (Fsp3) is 0.405. The average Bonchev–Trinajstić information content (AvgIpc) is 3.45. The fourth-order valence-electron chi connectivity index (χ4n) is 6.37. The van der Waals surface area contributed by atoms with Gasteiger partial charge in [0.05, 0.1) is 17.9 Å². The van der Waals surface area contributed by atoms with Gasteiger partial charge in [-0.1, -0.05) is 79.7 Å². The van der Waals surface area contributed by atoms with Crippen LogP contribution in [0.5, 0.6) is 17.4 Å². The molecule has 1 saturated carbocycles. The Hall–Kier alpha value is -3.17. The first-order valence-corrected chi connectivity index (χ1v) is 15.0. The Labute approximate surface area is 270 Å². The van der Waals surface area contributed by atoms with Crippen LogP contribution in [0.25, 0.3) is 10.9 Å². The van der Waals surface area contributed by atoms with Gasteiger partial charge in [0, 0.05) is 44.0 Å². The summed E-state index contributed by atoms with van der Waals surface area (Å²) in [4.78, 5) is 12.4. The van der Waals surface area contributed by atoms with E-state index < -0.39 is 0 Å². The number of fused-ring (bicyclic) bond motifs is 2. The fourth-order valence-corrected chi connectivity index (χ4v) is 6.37. The van der Waals surface area contributed by atoms with Gasteiger partial charge >= 0.3 is 0 Å². The molecule has 0 radical (unpaired) electrons. The molecule has 1 aromatic heterocycles. The number of benzene rings is 3. The number of aliphatic imine (C=N–C) groups is 1. The summed E-state index contributed by atoms with van der Waals surface area (Å²) in [5.41, 5.74) is 5.41. The maximum atomic E-state index is 10.3. The molecule has 6 rings (SSSR count). The van der Waals surface area contributed by atoms with Crippen molar-refractivity contribution in [1.29, 1.82) is 0 Å². The molecule has 0 spiro atoms. The molecule has 2 atom stereocenters. The van der Waals surface area contributed by atoms with Crippen molar-refractivity contribution in [2.75, 3.05) is 4.90 Å². The molecule has 3 aromatic carbocycles. The maximum Gasteiger partial charge on any atom is 0.217 e. The number of hydrogen-bond acceptors (Lipinski definition) is 5. The molecule has 1 aliphatic heterocycles. The van der Waals surface area contributed by atoms with Crippen LogP contribution in [0.15, 0.2) is 71.7 Å². The zero-order valence-electron chi connectivity index (χ0n) is 26.4. The van der Waals surface area contributed by atoms with E-state index in [0.717, 1.165) is 29.6 Å². The molecule has 0 bridgehead atoms. The van der Waals surface area contributed by atoms with Crippen molar-refractivity contribution in [3.8, 4) is 17.4 Å². The van der Waals surface area contributed by atoms with E-state index in [-0.39, 0.29) is 55.1 Å². The van der Waals surface area contributed by atoms with E-state index >= 15 is 0 Å². The number of aromatic hydroxyl groups is 1. The molecule has 1 fully saturated rings. The minimum Gasteiger partial charge on any atom is -0.506 e. The first-order chi connectivity index (χ1) is 19.7. The number of ether oxygens (including phenoxy) is 1. The third-order valence-corrected chi connectivity index (χ3v) is 8.87. The molecule has 5 nitrogen and oxygen atoms in total. The Morgan fingerprint density at radius 2 is 1.58 bits per heavy atom. The van der Waals surface area contributed by atoms with Gasteiger partial charge in [0.2, 0.25) is 5.88 Å². The van der Waals surface area contributed by atoms with Crippen LogP contribution in [0.4, 0.5) is 5.69 Å². The molecular weight excluding hydrogens is 714 g/mol. The number of amidine groups is 1. The van der Waals surface area contributed by atoms with Crippen LogP contribution in [0, 0.1) is 11.5 Å². The van der Waals surface area contributed by atoms with Crippen LogP contribution in [-0.2, 0) is 31.9 Å². The Balaban J connectivity index is 0.00000368. The van der Waals surface area contributed by atoms with Gasteiger partial charge in [-0.15, -0.1) is 23.8 Å². The van der Waals surface area contributed by atoms with Crippen LogP contribution in [-0.4, -0.2) is 28.0 Å². The first-order valence-electron chi connectivity index (χ1n) is 15.0. The molecule has 0 unspecified atom stereocenters. The molecule has 228 valence electrons. The van der Waals surface area contributed by atoms with Crippen molar-refractivity contribution >= 4 is 22.4 Å². The zero-order chi connectivity index (χ0) is 30.0. The summed E-state index contributed by atoms with van der Waals surface area (Å²) in [6, 6.07) is 26.2. The number of pyridine rings is 1. The van der Waals surface area contributed by atoms with Gasteiger partial charge < -0.3 is 19.7 Å². The van der Waals surface area contributed by atoms with Gasteiger partial charge in [-0.2, -0.15) is 0 Å². The molecule has 1 aliphatic carbocycles. The zero-order valence-corrected chi connectivity index (χ0v) is 28.7. The van der Waals surface area contributed by atoms with E-state index in [0.29, 0.717) is 17.1 Å². The minimum absolute atomic E-state index is 0. The first kappa shape index (κ1) is 31.3. The van der Waals surface area contributed by atoms with Crippen molar-refractivity contribution in [1.82, 2.24) is 4.98 Å². The van der Waals surface area contributed by atoms with E-state index in [4.69, 9.17) is 9.73 Å². The summed E-state index contributed by atoms with van der Waals surface area (Å²) >= 11 is 0.